The van der Waals surface area contributed by atoms with Gasteiger partial charge in [0.1, 0.15) is 30.6 Å². The third kappa shape index (κ3) is 7.31. The molecule has 0 aromatic heterocycles. The van der Waals surface area contributed by atoms with Crippen LogP contribution in [0, 0.1) is 20.2 Å². The van der Waals surface area contributed by atoms with Crippen molar-refractivity contribution in [3.05, 3.63) is 38.4 Å². The van der Waals surface area contributed by atoms with Crippen molar-refractivity contribution in [3.8, 4) is 0 Å². The van der Waals surface area contributed by atoms with E-state index >= 15 is 0 Å². The number of hydrogen-bond donors (Lipinski definition) is 3. The molecule has 34 heavy (non-hydrogen) atoms. The third-order valence-electron chi connectivity index (χ3n) is 4.71. The Bertz CT molecular complexity index is 909. The number of nitro groups is 2. The minimum absolute atomic E-state index is 0.0285. The Balaban J connectivity index is 1.96. The van der Waals surface area contributed by atoms with Crippen LogP contribution < -0.4 is 5.32 Å². The number of carbonyl (C=O) groups excluding carboxylic acids is 2. The molecule has 2 rings (SSSR count). The zero-order valence-corrected chi connectivity index (χ0v) is 18.3. The number of aliphatic hydroxyl groups is 2. The van der Waals surface area contributed by atoms with Crippen molar-refractivity contribution >= 4 is 29.0 Å². The maximum atomic E-state index is 11.4. The zero-order chi connectivity index (χ0) is 25.4. The van der Waals surface area contributed by atoms with Gasteiger partial charge < -0.3 is 34.5 Å². The van der Waals surface area contributed by atoms with E-state index in [9.17, 15) is 40.0 Å². The number of esters is 2. The van der Waals surface area contributed by atoms with Crippen LogP contribution in [0.25, 0.3) is 0 Å². The monoisotopic (exact) mass is 487 g/mol. The molecule has 15 heteroatoms. The minimum atomic E-state index is -1.58. The van der Waals surface area contributed by atoms with Gasteiger partial charge in [-0.2, -0.15) is 0 Å². The van der Waals surface area contributed by atoms with Gasteiger partial charge in [-0.05, 0) is 12.5 Å². The average Bonchev–Trinajstić information content (AvgIpc) is 2.76. The predicted molar refractivity (Wildman–Crippen MR) is 112 cm³/mol. The molecule has 188 valence electrons. The van der Waals surface area contributed by atoms with Gasteiger partial charge in [0.25, 0.3) is 11.4 Å². The molecule has 0 bridgehead atoms. The van der Waals surface area contributed by atoms with E-state index in [1.54, 1.807) is 0 Å². The number of benzene rings is 1. The topological polar surface area (TPSA) is 210 Å². The first-order valence-electron chi connectivity index (χ1n) is 10.1. The summed E-state index contributed by atoms with van der Waals surface area (Å²) in [6, 6.07) is 3.19. The van der Waals surface area contributed by atoms with Gasteiger partial charge in [0.05, 0.1) is 22.5 Å². The molecule has 1 aliphatic heterocycles. The molecule has 15 nitrogen and oxygen atoms in total. The number of rotatable bonds is 11. The van der Waals surface area contributed by atoms with Gasteiger partial charge >= 0.3 is 11.9 Å². The number of nitrogens with one attached hydrogen (secondary N) is 1. The smallest absolute Gasteiger partial charge is 0.303 e. The number of aliphatic hydroxyl groups excluding tert-OH is 2. The lowest BCUT2D eigenvalue weighted by molar-refractivity contribution is -0.393. The van der Waals surface area contributed by atoms with Crippen molar-refractivity contribution in [1.82, 2.24) is 0 Å². The number of hydrogen-bond acceptors (Lipinski definition) is 13. The zero-order valence-electron chi connectivity index (χ0n) is 18.3. The van der Waals surface area contributed by atoms with Crippen molar-refractivity contribution in [2.45, 2.75) is 51.0 Å². The Morgan fingerprint density at radius 2 is 1.82 bits per heavy atom. The lowest BCUT2D eigenvalue weighted by Crippen LogP contribution is -2.60. The van der Waals surface area contributed by atoms with Crippen molar-refractivity contribution < 1.29 is 48.6 Å². The predicted octanol–water partition coefficient (Wildman–Crippen LogP) is 0.263. The number of nitrogens with zero attached hydrogens (tertiary/aromatic N) is 2. The summed E-state index contributed by atoms with van der Waals surface area (Å²) >= 11 is 0. The summed E-state index contributed by atoms with van der Waals surface area (Å²) < 4.78 is 20.9. The van der Waals surface area contributed by atoms with Crippen LogP contribution in [-0.4, -0.2) is 82.5 Å². The fourth-order valence-corrected chi connectivity index (χ4v) is 3.12. The van der Waals surface area contributed by atoms with Crippen LogP contribution in [0.5, 0.6) is 0 Å². The summed E-state index contributed by atoms with van der Waals surface area (Å²) in [7, 11) is 0. The largest absolute Gasteiger partial charge is 0.463 e. The standard InChI is InChI=1S/C19H25N3O12/c1-10(23)32-9-15-16(25)17(26)18(33-11(2)24)19(34-15)31-7-3-6-20-13-5-4-12(21(27)28)8-14(13)22(29)30/h4-5,8,15-20,25-26H,3,6-7,9H2,1-2H3/t15-,16-,17+,18-,19-/m1/s1. The minimum Gasteiger partial charge on any atom is -0.463 e. The van der Waals surface area contributed by atoms with Crippen LogP contribution in [0.4, 0.5) is 17.1 Å². The number of non-ortho nitro benzene ring substituents is 1. The maximum Gasteiger partial charge on any atom is 0.303 e. The quantitative estimate of drug-likeness (QED) is 0.166. The van der Waals surface area contributed by atoms with Crippen LogP contribution >= 0.6 is 0 Å². The van der Waals surface area contributed by atoms with E-state index in [0.717, 1.165) is 26.0 Å². The van der Waals surface area contributed by atoms with Gasteiger partial charge in [-0.25, -0.2) is 0 Å². The molecule has 0 radical (unpaired) electrons. The van der Waals surface area contributed by atoms with Crippen molar-refractivity contribution in [2.75, 3.05) is 25.1 Å². The molecule has 0 amide bonds. The normalized spacial score (nSPS) is 24.2. The van der Waals surface area contributed by atoms with Crippen molar-refractivity contribution in [1.29, 1.82) is 0 Å². The molecule has 0 aliphatic carbocycles. The summed E-state index contributed by atoms with van der Waals surface area (Å²) in [6.07, 6.45) is -6.64. The molecular formula is C19H25N3O12. The maximum absolute atomic E-state index is 11.4. The molecule has 1 aliphatic rings. The average molecular weight is 487 g/mol. The molecule has 3 N–H and O–H groups in total. The Kier molecular flexibility index (Phi) is 9.61. The molecule has 5 atom stereocenters. The van der Waals surface area contributed by atoms with Gasteiger partial charge in [0, 0.05) is 26.5 Å². The number of carbonyl (C=O) groups is 2. The number of ether oxygens (including phenoxy) is 4. The molecule has 1 heterocycles. The van der Waals surface area contributed by atoms with E-state index < -0.39 is 63.9 Å². The van der Waals surface area contributed by atoms with Crippen LogP contribution in [0.1, 0.15) is 20.3 Å². The summed E-state index contributed by atoms with van der Waals surface area (Å²) in [5, 5.41) is 45.3. The highest BCUT2D eigenvalue weighted by Gasteiger charge is 2.47. The van der Waals surface area contributed by atoms with E-state index in [0.29, 0.717) is 0 Å². The Hall–Kier alpha value is -3.40. The van der Waals surface area contributed by atoms with E-state index in [2.05, 4.69) is 5.32 Å². The van der Waals surface area contributed by atoms with E-state index in [-0.39, 0.29) is 31.9 Å². The second-order valence-electron chi connectivity index (χ2n) is 7.27. The second kappa shape index (κ2) is 12.2. The van der Waals surface area contributed by atoms with Crippen LogP contribution in [-0.2, 0) is 28.5 Å². The fourth-order valence-electron chi connectivity index (χ4n) is 3.12. The highest BCUT2D eigenvalue weighted by Crippen LogP contribution is 2.29. The number of nitro benzene ring substituents is 2. The van der Waals surface area contributed by atoms with E-state index in [1.165, 1.54) is 6.07 Å². The first kappa shape index (κ1) is 26.8. The molecule has 0 saturated carbocycles. The molecule has 1 aromatic rings. The summed E-state index contributed by atoms with van der Waals surface area (Å²) in [5.41, 5.74) is -0.816. The second-order valence-corrected chi connectivity index (χ2v) is 7.27. The van der Waals surface area contributed by atoms with Crippen molar-refractivity contribution in [3.63, 3.8) is 0 Å². The first-order valence-corrected chi connectivity index (χ1v) is 10.1. The molecule has 0 unspecified atom stereocenters. The van der Waals surface area contributed by atoms with Gasteiger partial charge in [0.2, 0.25) is 0 Å². The molecule has 0 spiro atoms. The van der Waals surface area contributed by atoms with Crippen LogP contribution in [0.2, 0.25) is 0 Å². The Morgan fingerprint density at radius 1 is 1.12 bits per heavy atom. The number of anilines is 1. The first-order chi connectivity index (χ1) is 16.0. The summed E-state index contributed by atoms with van der Waals surface area (Å²) in [6.45, 7) is 2.02. The summed E-state index contributed by atoms with van der Waals surface area (Å²) in [5.74, 6) is -1.38. The Labute approximate surface area is 192 Å². The van der Waals surface area contributed by atoms with Crippen molar-refractivity contribution in [2.24, 2.45) is 0 Å². The lowest BCUT2D eigenvalue weighted by atomic mass is 9.99. The lowest BCUT2D eigenvalue weighted by Gasteiger charge is -2.41. The van der Waals surface area contributed by atoms with Gasteiger partial charge in [0.15, 0.2) is 12.4 Å². The molecular weight excluding hydrogens is 462 g/mol. The highest BCUT2D eigenvalue weighted by molar-refractivity contribution is 5.66. The Morgan fingerprint density at radius 3 is 2.41 bits per heavy atom. The van der Waals surface area contributed by atoms with Crippen LogP contribution in [0.3, 0.4) is 0 Å². The molecule has 1 saturated heterocycles. The van der Waals surface area contributed by atoms with Gasteiger partial charge in [-0.3, -0.25) is 29.8 Å². The highest BCUT2D eigenvalue weighted by atomic mass is 16.7. The summed E-state index contributed by atoms with van der Waals surface area (Å²) in [4.78, 5) is 42.9. The fraction of sp³-hybridized carbons (Fsp3) is 0.579. The SMILES string of the molecule is CC(=O)OC[C@H]1O[C@@H](OCCCNc2ccc([N+](=O)[O-])cc2[N+](=O)[O-])[C@H](OC(C)=O)[C@@H](O)[C@@H]1O. The van der Waals surface area contributed by atoms with E-state index in [4.69, 9.17) is 18.9 Å². The van der Waals surface area contributed by atoms with Gasteiger partial charge in [-0.15, -0.1) is 0 Å². The van der Waals surface area contributed by atoms with E-state index in [1.807, 2.05) is 0 Å². The van der Waals surface area contributed by atoms with Crippen LogP contribution in [0.15, 0.2) is 18.2 Å². The third-order valence-corrected chi connectivity index (χ3v) is 4.71. The molecule has 1 fully saturated rings. The molecule has 1 aromatic carbocycles. The van der Waals surface area contributed by atoms with Gasteiger partial charge in [-0.1, -0.05) is 0 Å².